The van der Waals surface area contributed by atoms with Crippen molar-refractivity contribution in [3.8, 4) is 0 Å². The first kappa shape index (κ1) is 73.8. The lowest BCUT2D eigenvalue weighted by Crippen LogP contribution is -2.45. The summed E-state index contributed by atoms with van der Waals surface area (Å²) in [7, 11) is 0. The molecular weight excluding hydrogens is 935 g/mol. The Bertz CT molecular complexity index is 1270. The molecule has 0 aromatic heterocycles. The fraction of sp³-hybridized carbons (Fsp3) is 0.857. The number of allylic oxidation sites excluding steroid dienone is 7. The summed E-state index contributed by atoms with van der Waals surface area (Å²) in [5.74, 6) is -0.0710. The molecule has 6 heteroatoms. The highest BCUT2D eigenvalue weighted by Gasteiger charge is 2.18. The van der Waals surface area contributed by atoms with Gasteiger partial charge in [-0.05, 0) is 89.9 Å². The summed E-state index contributed by atoms with van der Waals surface area (Å²) in [6, 6.07) is -0.634. The van der Waals surface area contributed by atoms with E-state index in [1.165, 1.54) is 283 Å². The number of amides is 1. The van der Waals surface area contributed by atoms with Crippen LogP contribution in [0, 0.1) is 0 Å². The van der Waals surface area contributed by atoms with Crippen molar-refractivity contribution in [2.45, 2.75) is 373 Å². The molecular formula is C70H131NO5. The van der Waals surface area contributed by atoms with Gasteiger partial charge >= 0.3 is 5.97 Å². The van der Waals surface area contributed by atoms with Crippen LogP contribution in [0.3, 0.4) is 0 Å². The van der Waals surface area contributed by atoms with Gasteiger partial charge in [0.15, 0.2) is 0 Å². The number of aliphatic hydroxyl groups excluding tert-OH is 2. The lowest BCUT2D eigenvalue weighted by Gasteiger charge is -2.20. The number of carbonyl (C=O) groups is 2. The van der Waals surface area contributed by atoms with E-state index in [9.17, 15) is 19.8 Å². The molecule has 0 aliphatic carbocycles. The van der Waals surface area contributed by atoms with Gasteiger partial charge in [-0.15, -0.1) is 0 Å². The molecule has 0 spiro atoms. The Kier molecular flexibility index (Phi) is 63.5. The molecule has 6 nitrogen and oxygen atoms in total. The Morgan fingerprint density at radius 2 is 0.658 bits per heavy atom. The zero-order valence-corrected chi connectivity index (χ0v) is 51.0. The van der Waals surface area contributed by atoms with Crippen LogP contribution in [0.4, 0.5) is 0 Å². The zero-order valence-electron chi connectivity index (χ0n) is 51.0. The smallest absolute Gasteiger partial charge is 0.305 e. The van der Waals surface area contributed by atoms with E-state index in [2.05, 4.69) is 55.6 Å². The molecule has 76 heavy (non-hydrogen) atoms. The van der Waals surface area contributed by atoms with Crippen molar-refractivity contribution >= 4 is 11.9 Å². The molecule has 0 rings (SSSR count). The summed E-state index contributed by atoms with van der Waals surface area (Å²) >= 11 is 0. The number of carbonyl (C=O) groups excluding carboxylic acids is 2. The van der Waals surface area contributed by atoms with Crippen LogP contribution in [0.25, 0.3) is 0 Å². The molecule has 446 valence electrons. The SMILES string of the molecule is CCCCCCCCC/C=C\CCCCCCCC(=O)OCCCCCCCCCCC/C=C\C/C=C\CCCCCCCCCCCC(=O)NC(CO)C(O)/C=C/CCCCCCCCCCCCCCCCCC. The highest BCUT2D eigenvalue weighted by Crippen LogP contribution is 2.17. The Labute approximate surface area is 474 Å². The zero-order chi connectivity index (χ0) is 55.0. The number of unbranched alkanes of at least 4 members (excludes halogenated alkanes) is 46. The standard InChI is InChI=1S/C70H131NO5/c1-3-5-7-9-11-13-15-17-19-21-31-34-38-42-46-50-54-58-62-68(73)67(66-72)71-69(74)63-59-55-51-47-43-39-35-32-29-27-25-23-22-24-26-28-30-33-37-41-45-49-53-57-61-65-76-70(75)64-60-56-52-48-44-40-36-20-18-16-14-12-10-8-6-4-2/h20,23-26,36,58,62,67-68,72-73H,3-19,21-22,27-35,37-57,59-61,63-66H2,1-2H3,(H,71,74)/b25-23-,26-24-,36-20-,62-58+. The van der Waals surface area contributed by atoms with E-state index in [4.69, 9.17) is 4.74 Å². The van der Waals surface area contributed by atoms with Crippen LogP contribution >= 0.6 is 0 Å². The molecule has 0 fully saturated rings. The van der Waals surface area contributed by atoms with Crippen LogP contribution < -0.4 is 5.32 Å². The number of ether oxygens (including phenoxy) is 1. The minimum Gasteiger partial charge on any atom is -0.466 e. The summed E-state index contributed by atoms with van der Waals surface area (Å²) in [5, 5.41) is 23.2. The molecule has 1 amide bonds. The second-order valence-corrected chi connectivity index (χ2v) is 23.1. The first-order valence-electron chi connectivity index (χ1n) is 33.9. The predicted molar refractivity (Wildman–Crippen MR) is 333 cm³/mol. The first-order chi connectivity index (χ1) is 37.5. The van der Waals surface area contributed by atoms with E-state index in [1.54, 1.807) is 6.08 Å². The molecule has 0 bridgehead atoms. The van der Waals surface area contributed by atoms with Crippen molar-refractivity contribution in [2.24, 2.45) is 0 Å². The number of esters is 1. The Hall–Kier alpha value is -2.18. The minimum atomic E-state index is -0.850. The normalized spacial score (nSPS) is 12.8. The number of hydrogen-bond donors (Lipinski definition) is 3. The molecule has 2 atom stereocenters. The van der Waals surface area contributed by atoms with E-state index in [0.29, 0.717) is 19.4 Å². The topological polar surface area (TPSA) is 95.9 Å². The summed E-state index contributed by atoms with van der Waals surface area (Å²) < 4.78 is 5.49. The Morgan fingerprint density at radius 3 is 1.01 bits per heavy atom. The predicted octanol–water partition coefficient (Wildman–Crippen LogP) is 21.7. The molecule has 0 radical (unpaired) electrons. The maximum Gasteiger partial charge on any atom is 0.305 e. The van der Waals surface area contributed by atoms with Gasteiger partial charge in [-0.1, -0.05) is 306 Å². The number of hydrogen-bond acceptors (Lipinski definition) is 5. The molecule has 2 unspecified atom stereocenters. The van der Waals surface area contributed by atoms with E-state index in [0.717, 1.165) is 51.4 Å². The summed E-state index contributed by atoms with van der Waals surface area (Å²) in [5.41, 5.74) is 0. The van der Waals surface area contributed by atoms with Gasteiger partial charge in [-0.2, -0.15) is 0 Å². The van der Waals surface area contributed by atoms with Crippen molar-refractivity contribution in [2.75, 3.05) is 13.2 Å². The second-order valence-electron chi connectivity index (χ2n) is 23.1. The maximum absolute atomic E-state index is 12.5. The Morgan fingerprint density at radius 1 is 0.368 bits per heavy atom. The summed E-state index contributed by atoms with van der Waals surface area (Å²) in [6.07, 6.45) is 84.5. The third kappa shape index (κ3) is 61.0. The Balaban J connectivity index is 3.46. The molecule has 0 aliphatic rings. The minimum absolute atomic E-state index is 0.00122. The van der Waals surface area contributed by atoms with Crippen LogP contribution in [-0.4, -0.2) is 47.4 Å². The fourth-order valence-electron chi connectivity index (χ4n) is 10.4. The van der Waals surface area contributed by atoms with Crippen molar-refractivity contribution in [1.82, 2.24) is 5.32 Å². The van der Waals surface area contributed by atoms with Crippen LogP contribution in [0.15, 0.2) is 48.6 Å². The summed E-state index contributed by atoms with van der Waals surface area (Å²) in [6.45, 7) is 4.91. The van der Waals surface area contributed by atoms with E-state index < -0.39 is 12.1 Å². The third-order valence-electron chi connectivity index (χ3n) is 15.6. The molecule has 0 aromatic rings. The van der Waals surface area contributed by atoms with Crippen molar-refractivity contribution in [3.63, 3.8) is 0 Å². The number of aliphatic hydroxyl groups is 2. The van der Waals surface area contributed by atoms with Gasteiger partial charge in [0.2, 0.25) is 5.91 Å². The van der Waals surface area contributed by atoms with Gasteiger partial charge in [0.25, 0.3) is 0 Å². The third-order valence-corrected chi connectivity index (χ3v) is 15.6. The average Bonchev–Trinajstić information content (AvgIpc) is 3.42. The lowest BCUT2D eigenvalue weighted by molar-refractivity contribution is -0.143. The maximum atomic E-state index is 12.5. The van der Waals surface area contributed by atoms with Crippen LogP contribution in [0.1, 0.15) is 361 Å². The van der Waals surface area contributed by atoms with Gasteiger partial charge in [0, 0.05) is 12.8 Å². The number of nitrogens with one attached hydrogen (secondary N) is 1. The highest BCUT2D eigenvalue weighted by molar-refractivity contribution is 5.76. The molecule has 0 aromatic carbocycles. The molecule has 0 saturated heterocycles. The van der Waals surface area contributed by atoms with Crippen LogP contribution in [0.2, 0.25) is 0 Å². The van der Waals surface area contributed by atoms with E-state index in [1.807, 2.05) is 6.08 Å². The van der Waals surface area contributed by atoms with Crippen molar-refractivity contribution < 1.29 is 24.5 Å². The summed E-state index contributed by atoms with van der Waals surface area (Å²) in [4.78, 5) is 24.6. The largest absolute Gasteiger partial charge is 0.466 e. The van der Waals surface area contributed by atoms with Gasteiger partial charge in [0.1, 0.15) is 0 Å². The van der Waals surface area contributed by atoms with Crippen molar-refractivity contribution in [1.29, 1.82) is 0 Å². The fourth-order valence-corrected chi connectivity index (χ4v) is 10.4. The van der Waals surface area contributed by atoms with Crippen LogP contribution in [0.5, 0.6) is 0 Å². The molecule has 3 N–H and O–H groups in total. The van der Waals surface area contributed by atoms with E-state index in [-0.39, 0.29) is 18.5 Å². The monoisotopic (exact) mass is 1070 g/mol. The van der Waals surface area contributed by atoms with Gasteiger partial charge < -0.3 is 20.3 Å². The number of rotatable bonds is 63. The first-order valence-corrected chi connectivity index (χ1v) is 33.9. The van der Waals surface area contributed by atoms with Crippen molar-refractivity contribution in [3.05, 3.63) is 48.6 Å². The molecule has 0 aliphatic heterocycles. The van der Waals surface area contributed by atoms with Gasteiger partial charge in [0.05, 0.1) is 25.4 Å². The van der Waals surface area contributed by atoms with Gasteiger partial charge in [-0.25, -0.2) is 0 Å². The van der Waals surface area contributed by atoms with Crippen LogP contribution in [-0.2, 0) is 14.3 Å². The highest BCUT2D eigenvalue weighted by atomic mass is 16.5. The van der Waals surface area contributed by atoms with E-state index >= 15 is 0 Å². The lowest BCUT2D eigenvalue weighted by atomic mass is 10.0. The molecule has 0 heterocycles. The quantitative estimate of drug-likeness (QED) is 0.0320. The molecule has 0 saturated carbocycles. The van der Waals surface area contributed by atoms with Gasteiger partial charge in [-0.3, -0.25) is 9.59 Å². The average molecular weight is 1070 g/mol. The second kappa shape index (κ2) is 65.3.